The zero-order valence-electron chi connectivity index (χ0n) is 18.1. The maximum absolute atomic E-state index is 14.9. The van der Waals surface area contributed by atoms with Crippen LogP contribution in [0.15, 0.2) is 53.1 Å². The first-order valence-corrected chi connectivity index (χ1v) is 11.9. The van der Waals surface area contributed by atoms with Crippen molar-refractivity contribution in [1.29, 1.82) is 0 Å². The Morgan fingerprint density at radius 3 is 2.26 bits per heavy atom. The highest BCUT2D eigenvalue weighted by atomic mass is 35.5. The van der Waals surface area contributed by atoms with Gasteiger partial charge >= 0.3 is 6.18 Å². The molecule has 0 fully saturated rings. The maximum atomic E-state index is 14.9. The Morgan fingerprint density at radius 2 is 1.79 bits per heavy atom. The van der Waals surface area contributed by atoms with E-state index in [9.17, 15) is 31.7 Å². The summed E-state index contributed by atoms with van der Waals surface area (Å²) < 4.78 is 68.3. The second kappa shape index (κ2) is 10.7. The third kappa shape index (κ3) is 6.87. The minimum Gasteiger partial charge on any atom is -0.510 e. The molecule has 2 atom stereocenters. The Morgan fingerprint density at radius 1 is 1.21 bits per heavy atom. The molecule has 2 aromatic rings. The summed E-state index contributed by atoms with van der Waals surface area (Å²) in [6.07, 6.45) is -6.80. The van der Waals surface area contributed by atoms with E-state index in [0.29, 0.717) is 5.02 Å². The molecule has 5 N–H and O–H groups in total. The van der Waals surface area contributed by atoms with Crippen molar-refractivity contribution in [1.82, 2.24) is 4.31 Å². The summed E-state index contributed by atoms with van der Waals surface area (Å²) in [6, 6.07) is 7.45. The number of aliphatic hydroxyl groups excluding tert-OH is 1. The van der Waals surface area contributed by atoms with Crippen molar-refractivity contribution in [3.05, 3.63) is 70.2 Å². The summed E-state index contributed by atoms with van der Waals surface area (Å²) >= 11 is 5.86. The molecule has 1 amide bonds. The van der Waals surface area contributed by atoms with Crippen LogP contribution in [0.5, 0.6) is 0 Å². The van der Waals surface area contributed by atoms with Gasteiger partial charge in [0.1, 0.15) is 17.6 Å². The van der Waals surface area contributed by atoms with E-state index in [0.717, 1.165) is 10.4 Å². The summed E-state index contributed by atoms with van der Waals surface area (Å²) in [4.78, 5) is 12.2. The molecule has 0 bridgehead atoms. The number of hydrogen-bond acceptors (Lipinski definition) is 4. The van der Waals surface area contributed by atoms with Gasteiger partial charge in [0.25, 0.3) is 0 Å². The molecule has 34 heavy (non-hydrogen) atoms. The number of primary amides is 1. The smallest absolute Gasteiger partial charge is 0.389 e. The molecule has 1 unspecified atom stereocenters. The Kier molecular flexibility index (Phi) is 8.62. The van der Waals surface area contributed by atoms with Crippen LogP contribution in [-0.2, 0) is 21.0 Å². The molecule has 2 aromatic carbocycles. The van der Waals surface area contributed by atoms with Crippen LogP contribution in [0.4, 0.5) is 17.6 Å². The quantitative estimate of drug-likeness (QED) is 0.258. The third-order valence-corrected chi connectivity index (χ3v) is 7.42. The molecule has 6 nitrogen and oxygen atoms in total. The van der Waals surface area contributed by atoms with Gasteiger partial charge in [-0.05, 0) is 49.5 Å². The second-order valence-electron chi connectivity index (χ2n) is 7.55. The number of alkyl halides is 3. The topological polar surface area (TPSA) is 110 Å². The molecule has 0 heterocycles. The van der Waals surface area contributed by atoms with E-state index in [2.05, 4.69) is 5.87 Å². The molecular weight excluding hydrogens is 498 g/mol. The second-order valence-corrected chi connectivity index (χ2v) is 10.2. The Hall–Kier alpha value is -2.76. The van der Waals surface area contributed by atoms with Crippen LogP contribution in [0.3, 0.4) is 0 Å². The van der Waals surface area contributed by atoms with E-state index in [4.69, 9.17) is 23.1 Å². The minimum absolute atomic E-state index is 0.0651. The van der Waals surface area contributed by atoms with Gasteiger partial charge in [0.05, 0.1) is 15.4 Å². The van der Waals surface area contributed by atoms with Crippen molar-refractivity contribution in [3.8, 4) is 0 Å². The average Bonchev–Trinajstić information content (AvgIpc) is 2.72. The summed E-state index contributed by atoms with van der Waals surface area (Å²) in [6.45, 7) is 0.759. The van der Waals surface area contributed by atoms with E-state index >= 15 is 0 Å². The van der Waals surface area contributed by atoms with Gasteiger partial charge in [-0.15, -0.1) is 0 Å². The van der Waals surface area contributed by atoms with Crippen LogP contribution in [-0.4, -0.2) is 37.6 Å². The fraction of sp³-hybridized carbons (Fsp3) is 0.273. The SMILES string of the molecule is C=S(=O)(c1ccc(Cl)cc1)N(Cc1ccc(/C(N)=C(\C)O)cc1F)[C@H](CCC(F)(F)F)C(N)=O. The van der Waals surface area contributed by atoms with E-state index in [1.165, 1.54) is 43.3 Å². The molecule has 0 radical (unpaired) electrons. The normalized spacial score (nSPS) is 15.5. The van der Waals surface area contributed by atoms with Crippen molar-refractivity contribution in [2.24, 2.45) is 11.5 Å². The van der Waals surface area contributed by atoms with Crippen molar-refractivity contribution >= 4 is 38.8 Å². The first kappa shape index (κ1) is 27.5. The first-order valence-electron chi connectivity index (χ1n) is 9.83. The van der Waals surface area contributed by atoms with E-state index in [1.54, 1.807) is 0 Å². The summed E-state index contributed by atoms with van der Waals surface area (Å²) in [5.41, 5.74) is 11.1. The molecular formula is C22H24ClF4N3O3S. The van der Waals surface area contributed by atoms with Crippen LogP contribution >= 0.6 is 11.6 Å². The Labute approximate surface area is 199 Å². The summed E-state index contributed by atoms with van der Waals surface area (Å²) in [7, 11) is -3.62. The van der Waals surface area contributed by atoms with Gasteiger partial charge in [-0.2, -0.15) is 13.2 Å². The van der Waals surface area contributed by atoms with E-state index in [1.807, 2.05) is 0 Å². The number of amides is 1. The molecule has 12 heteroatoms. The molecule has 0 aliphatic heterocycles. The third-order valence-electron chi connectivity index (χ3n) is 5.02. The molecule has 186 valence electrons. The van der Waals surface area contributed by atoms with Crippen molar-refractivity contribution in [3.63, 3.8) is 0 Å². The van der Waals surface area contributed by atoms with Crippen molar-refractivity contribution in [2.75, 3.05) is 0 Å². The fourth-order valence-electron chi connectivity index (χ4n) is 3.15. The summed E-state index contributed by atoms with van der Waals surface area (Å²) in [5, 5.41) is 9.82. The zero-order valence-corrected chi connectivity index (χ0v) is 19.7. The number of carbonyl (C=O) groups excluding carboxylic acids is 1. The number of nitrogens with zero attached hydrogens (tertiary/aromatic N) is 1. The lowest BCUT2D eigenvalue weighted by atomic mass is 10.1. The number of nitrogens with two attached hydrogens (primary N) is 2. The van der Waals surface area contributed by atoms with E-state index < -0.39 is 53.0 Å². The monoisotopic (exact) mass is 521 g/mol. The molecule has 0 saturated carbocycles. The minimum atomic E-state index is -4.61. The van der Waals surface area contributed by atoms with Gasteiger partial charge in [0, 0.05) is 34.0 Å². The predicted molar refractivity (Wildman–Crippen MR) is 125 cm³/mol. The number of halogens is 5. The van der Waals surface area contributed by atoms with Gasteiger partial charge in [-0.1, -0.05) is 23.7 Å². The number of rotatable bonds is 9. The van der Waals surface area contributed by atoms with Crippen LogP contribution in [0.25, 0.3) is 5.70 Å². The number of aliphatic hydroxyl groups is 1. The molecule has 0 aliphatic carbocycles. The van der Waals surface area contributed by atoms with E-state index in [-0.39, 0.29) is 27.5 Å². The summed E-state index contributed by atoms with van der Waals surface area (Å²) in [5.74, 6) is 1.39. The van der Waals surface area contributed by atoms with Gasteiger partial charge in [0.2, 0.25) is 5.91 Å². The van der Waals surface area contributed by atoms with Gasteiger partial charge in [0.15, 0.2) is 0 Å². The lowest BCUT2D eigenvalue weighted by molar-refractivity contribution is -0.140. The highest BCUT2D eigenvalue weighted by Crippen LogP contribution is 2.29. The number of benzene rings is 2. The maximum Gasteiger partial charge on any atom is 0.389 e. The van der Waals surface area contributed by atoms with Crippen molar-refractivity contribution < 1.29 is 31.7 Å². The first-order chi connectivity index (χ1) is 15.6. The highest BCUT2D eigenvalue weighted by molar-refractivity contribution is 7.98. The fourth-order valence-corrected chi connectivity index (χ4v) is 5.08. The molecule has 0 aromatic heterocycles. The molecule has 0 aliphatic rings. The van der Waals surface area contributed by atoms with Crippen LogP contribution in [0.1, 0.15) is 30.9 Å². The lowest BCUT2D eigenvalue weighted by Gasteiger charge is -2.33. The molecule has 2 rings (SSSR count). The van der Waals surface area contributed by atoms with Crippen molar-refractivity contribution in [2.45, 2.75) is 43.4 Å². The lowest BCUT2D eigenvalue weighted by Crippen LogP contribution is -2.48. The number of allylic oxidation sites excluding steroid dienone is 1. The van der Waals surface area contributed by atoms with Crippen LogP contribution < -0.4 is 11.5 Å². The van der Waals surface area contributed by atoms with Crippen LogP contribution in [0.2, 0.25) is 5.02 Å². The molecule has 0 saturated heterocycles. The standard InChI is InChI=1S/C22H24ClF4N3O3S/c1-13(31)20(28)14-3-4-15(18(24)11-14)12-30(19(21(29)32)9-10-22(25,26)27)34(2,33)17-7-5-16(23)6-8-17/h3-8,11,19,31H,2,9-10,12,28H2,1H3,(H2,29,32)/b20-13-/t19-,34?/m1/s1. The highest BCUT2D eigenvalue weighted by Gasteiger charge is 2.36. The molecule has 0 spiro atoms. The van der Waals surface area contributed by atoms with Gasteiger partial charge in [-0.25, -0.2) is 12.9 Å². The van der Waals surface area contributed by atoms with Crippen LogP contribution in [0, 0.1) is 5.82 Å². The van der Waals surface area contributed by atoms with Gasteiger partial charge in [-0.3, -0.25) is 4.79 Å². The number of hydrogen-bond donors (Lipinski definition) is 3. The Balaban J connectivity index is 2.57. The largest absolute Gasteiger partial charge is 0.510 e. The average molecular weight is 522 g/mol. The van der Waals surface area contributed by atoms with Gasteiger partial charge < -0.3 is 16.6 Å². The zero-order chi connectivity index (χ0) is 25.8. The Bertz CT molecular complexity index is 1180. The number of carbonyl (C=O) groups is 1. The predicted octanol–water partition coefficient (Wildman–Crippen LogP) is 4.37.